The molecular formula is C24H34N6O. The third kappa shape index (κ3) is 6.44. The third-order valence-corrected chi connectivity index (χ3v) is 5.56. The predicted molar refractivity (Wildman–Crippen MR) is 126 cm³/mol. The van der Waals surface area contributed by atoms with E-state index in [1.807, 2.05) is 36.3 Å². The monoisotopic (exact) mass is 422 g/mol. The van der Waals surface area contributed by atoms with E-state index in [1.54, 1.807) is 0 Å². The molecule has 1 saturated heterocycles. The molecule has 1 aliphatic rings. The van der Waals surface area contributed by atoms with E-state index in [4.69, 9.17) is 4.99 Å². The number of carbonyl (C=O) groups excluding carboxylic acids is 1. The number of aryl methyl sites for hydroxylation is 1. The number of nitrogens with zero attached hydrogens (tertiary/aromatic N) is 5. The average molecular weight is 423 g/mol. The minimum absolute atomic E-state index is 0.168. The molecule has 1 fully saturated rings. The lowest BCUT2D eigenvalue weighted by Gasteiger charge is -2.35. The highest BCUT2D eigenvalue weighted by molar-refractivity contribution is 5.81. The fourth-order valence-corrected chi connectivity index (χ4v) is 3.73. The smallest absolute Gasteiger partial charge is 0.224 e. The van der Waals surface area contributed by atoms with E-state index in [0.717, 1.165) is 51.0 Å². The summed E-state index contributed by atoms with van der Waals surface area (Å²) in [6.45, 7) is 9.32. The Morgan fingerprint density at radius 1 is 1.13 bits per heavy atom. The molecule has 2 heterocycles. The molecule has 0 radical (unpaired) electrons. The Labute approximate surface area is 185 Å². The summed E-state index contributed by atoms with van der Waals surface area (Å²) in [7, 11) is 2.03. The fourth-order valence-electron chi connectivity index (χ4n) is 3.73. The predicted octanol–water partition coefficient (Wildman–Crippen LogP) is 2.53. The summed E-state index contributed by atoms with van der Waals surface area (Å²) in [5.41, 5.74) is 2.54. The van der Waals surface area contributed by atoms with Crippen molar-refractivity contribution in [3.8, 4) is 0 Å². The molecular weight excluding hydrogens is 388 g/mol. The van der Waals surface area contributed by atoms with Crippen LogP contribution in [0.4, 0.5) is 5.82 Å². The number of aliphatic imine (C=N–C) groups is 1. The van der Waals surface area contributed by atoms with Gasteiger partial charge in [0.15, 0.2) is 5.96 Å². The maximum absolute atomic E-state index is 12.7. The summed E-state index contributed by atoms with van der Waals surface area (Å²) < 4.78 is 0. The number of guanidine groups is 1. The first-order valence-corrected chi connectivity index (χ1v) is 11.1. The van der Waals surface area contributed by atoms with E-state index in [2.05, 4.69) is 58.2 Å². The Morgan fingerprint density at radius 2 is 1.87 bits per heavy atom. The van der Waals surface area contributed by atoms with E-state index < -0.39 is 0 Å². The molecule has 1 N–H and O–H groups in total. The van der Waals surface area contributed by atoms with E-state index in [0.29, 0.717) is 13.0 Å². The number of hydrogen-bond donors (Lipinski definition) is 1. The number of amides is 1. The van der Waals surface area contributed by atoms with Gasteiger partial charge in [-0.05, 0) is 37.1 Å². The lowest BCUT2D eigenvalue weighted by atomic mass is 10.1. The maximum atomic E-state index is 12.7. The van der Waals surface area contributed by atoms with Crippen LogP contribution in [-0.2, 0) is 11.3 Å². The number of pyridine rings is 1. The molecule has 0 spiro atoms. The number of rotatable bonds is 7. The Kier molecular flexibility index (Phi) is 8.27. The maximum Gasteiger partial charge on any atom is 0.224 e. The van der Waals surface area contributed by atoms with Crippen LogP contribution in [-0.4, -0.2) is 73.0 Å². The first-order chi connectivity index (χ1) is 15.1. The normalized spacial score (nSPS) is 14.5. The summed E-state index contributed by atoms with van der Waals surface area (Å²) in [5, 5.41) is 3.34. The van der Waals surface area contributed by atoms with Crippen molar-refractivity contribution in [2.75, 3.05) is 51.2 Å². The van der Waals surface area contributed by atoms with Crippen LogP contribution < -0.4 is 10.2 Å². The zero-order valence-electron chi connectivity index (χ0n) is 18.9. The highest BCUT2D eigenvalue weighted by Crippen LogP contribution is 2.13. The summed E-state index contributed by atoms with van der Waals surface area (Å²) >= 11 is 0. The molecule has 1 amide bonds. The number of benzene rings is 1. The van der Waals surface area contributed by atoms with Gasteiger partial charge in [-0.15, -0.1) is 0 Å². The van der Waals surface area contributed by atoms with Crippen molar-refractivity contribution in [1.82, 2.24) is 20.1 Å². The first kappa shape index (κ1) is 22.6. The fraction of sp³-hybridized carbons (Fsp3) is 0.458. The molecule has 2 aromatic rings. The Morgan fingerprint density at radius 3 is 2.55 bits per heavy atom. The average Bonchev–Trinajstić information content (AvgIpc) is 2.80. The molecule has 0 bridgehead atoms. The van der Waals surface area contributed by atoms with Gasteiger partial charge in [-0.3, -0.25) is 9.79 Å². The molecule has 3 rings (SSSR count). The van der Waals surface area contributed by atoms with Crippen molar-refractivity contribution < 1.29 is 4.79 Å². The van der Waals surface area contributed by atoms with Gasteiger partial charge < -0.3 is 20.0 Å². The van der Waals surface area contributed by atoms with Gasteiger partial charge in [0.25, 0.3) is 0 Å². The van der Waals surface area contributed by atoms with Crippen LogP contribution in [0.1, 0.15) is 24.5 Å². The zero-order chi connectivity index (χ0) is 22.1. The number of piperazine rings is 1. The van der Waals surface area contributed by atoms with Crippen molar-refractivity contribution >= 4 is 17.7 Å². The molecule has 1 aliphatic heterocycles. The number of hydrogen-bond acceptors (Lipinski definition) is 4. The van der Waals surface area contributed by atoms with Gasteiger partial charge in [-0.1, -0.05) is 30.3 Å². The summed E-state index contributed by atoms with van der Waals surface area (Å²) in [6, 6.07) is 14.3. The molecule has 1 aromatic heterocycles. The van der Waals surface area contributed by atoms with Crippen LogP contribution in [0.3, 0.4) is 0 Å². The summed E-state index contributed by atoms with van der Waals surface area (Å²) in [5.74, 6) is 1.98. The molecule has 0 saturated carbocycles. The number of anilines is 1. The van der Waals surface area contributed by atoms with E-state index in [1.165, 1.54) is 11.1 Å². The highest BCUT2D eigenvalue weighted by Gasteiger charge is 2.21. The standard InChI is InChI=1S/C24H34N6O/c1-4-25-24(28(3)19-21-10-6-5-9-20(21)2)27-14-12-23(31)30-17-15-29(16-18-30)22-11-7-8-13-26-22/h5-11,13H,4,12,14-19H2,1-3H3,(H,25,27). The van der Waals surface area contributed by atoms with Gasteiger partial charge in [0, 0.05) is 58.9 Å². The molecule has 31 heavy (non-hydrogen) atoms. The van der Waals surface area contributed by atoms with Crippen molar-refractivity contribution in [3.05, 3.63) is 59.8 Å². The quantitative estimate of drug-likeness (QED) is 0.549. The molecule has 166 valence electrons. The zero-order valence-corrected chi connectivity index (χ0v) is 18.9. The third-order valence-electron chi connectivity index (χ3n) is 5.56. The van der Waals surface area contributed by atoms with Gasteiger partial charge in [-0.2, -0.15) is 0 Å². The minimum Gasteiger partial charge on any atom is -0.357 e. The largest absolute Gasteiger partial charge is 0.357 e. The molecule has 0 atom stereocenters. The van der Waals surface area contributed by atoms with Crippen LogP contribution in [0.2, 0.25) is 0 Å². The lowest BCUT2D eigenvalue weighted by Crippen LogP contribution is -2.49. The first-order valence-electron chi connectivity index (χ1n) is 11.1. The second-order valence-electron chi connectivity index (χ2n) is 7.82. The summed E-state index contributed by atoms with van der Waals surface area (Å²) in [6.07, 6.45) is 2.24. The molecule has 0 aliphatic carbocycles. The van der Waals surface area contributed by atoms with Crippen molar-refractivity contribution in [3.63, 3.8) is 0 Å². The van der Waals surface area contributed by atoms with Crippen molar-refractivity contribution in [2.45, 2.75) is 26.8 Å². The van der Waals surface area contributed by atoms with E-state index in [-0.39, 0.29) is 5.91 Å². The number of carbonyl (C=O) groups is 1. The Balaban J connectivity index is 1.49. The van der Waals surface area contributed by atoms with Gasteiger partial charge in [-0.25, -0.2) is 4.98 Å². The molecule has 7 heteroatoms. The molecule has 1 aromatic carbocycles. The van der Waals surface area contributed by atoms with Crippen LogP contribution in [0, 0.1) is 6.92 Å². The van der Waals surface area contributed by atoms with Crippen LogP contribution in [0.5, 0.6) is 0 Å². The molecule has 0 unspecified atom stereocenters. The second kappa shape index (κ2) is 11.3. The van der Waals surface area contributed by atoms with Crippen molar-refractivity contribution in [1.29, 1.82) is 0 Å². The van der Waals surface area contributed by atoms with Gasteiger partial charge in [0.05, 0.1) is 6.54 Å². The molecule has 7 nitrogen and oxygen atoms in total. The highest BCUT2D eigenvalue weighted by atomic mass is 16.2. The van der Waals surface area contributed by atoms with E-state index in [9.17, 15) is 4.79 Å². The van der Waals surface area contributed by atoms with Crippen LogP contribution in [0.25, 0.3) is 0 Å². The van der Waals surface area contributed by atoms with E-state index >= 15 is 0 Å². The second-order valence-corrected chi connectivity index (χ2v) is 7.82. The van der Waals surface area contributed by atoms with Crippen LogP contribution in [0.15, 0.2) is 53.7 Å². The van der Waals surface area contributed by atoms with Crippen molar-refractivity contribution in [2.24, 2.45) is 4.99 Å². The lowest BCUT2D eigenvalue weighted by molar-refractivity contribution is -0.131. The Hall–Kier alpha value is -3.09. The summed E-state index contributed by atoms with van der Waals surface area (Å²) in [4.78, 5) is 28.1. The number of nitrogens with one attached hydrogen (secondary N) is 1. The van der Waals surface area contributed by atoms with Gasteiger partial charge in [0.2, 0.25) is 5.91 Å². The van der Waals surface area contributed by atoms with Crippen LogP contribution >= 0.6 is 0 Å². The topological polar surface area (TPSA) is 64.1 Å². The Bertz CT molecular complexity index is 861. The number of aromatic nitrogens is 1. The van der Waals surface area contributed by atoms with Gasteiger partial charge >= 0.3 is 0 Å². The minimum atomic E-state index is 0.168. The van der Waals surface area contributed by atoms with Gasteiger partial charge in [0.1, 0.15) is 5.82 Å². The SMILES string of the molecule is CCNC(=NCCC(=O)N1CCN(c2ccccn2)CC1)N(C)Cc1ccccc1C.